The van der Waals surface area contributed by atoms with Gasteiger partial charge < -0.3 is 10.4 Å². The van der Waals surface area contributed by atoms with Gasteiger partial charge in [-0.15, -0.1) is 11.3 Å². The van der Waals surface area contributed by atoms with Crippen molar-refractivity contribution in [1.82, 2.24) is 14.8 Å². The third kappa shape index (κ3) is 3.45. The molecule has 0 amide bonds. The Morgan fingerprint density at radius 1 is 1.15 bits per heavy atom. The number of para-hydroxylation sites is 1. The minimum absolute atomic E-state index is 0.233. The van der Waals surface area contributed by atoms with E-state index in [-0.39, 0.29) is 5.56 Å². The van der Waals surface area contributed by atoms with Gasteiger partial charge in [0.2, 0.25) is 0 Å². The zero-order chi connectivity index (χ0) is 18.8. The van der Waals surface area contributed by atoms with E-state index < -0.39 is 5.97 Å². The van der Waals surface area contributed by atoms with Crippen LogP contribution < -0.4 is 5.32 Å². The van der Waals surface area contributed by atoms with Crippen LogP contribution in [0.25, 0.3) is 16.9 Å². The molecule has 2 heterocycles. The van der Waals surface area contributed by atoms with Gasteiger partial charge in [0.15, 0.2) is 5.13 Å². The zero-order valence-electron chi connectivity index (χ0n) is 14.5. The third-order valence-electron chi connectivity index (χ3n) is 4.15. The van der Waals surface area contributed by atoms with Gasteiger partial charge in [0.05, 0.1) is 28.8 Å². The van der Waals surface area contributed by atoms with Crippen molar-refractivity contribution in [2.75, 3.05) is 5.32 Å². The Kier molecular flexibility index (Phi) is 4.43. The monoisotopic (exact) mass is 376 g/mol. The molecule has 0 aliphatic rings. The first kappa shape index (κ1) is 17.0. The predicted molar refractivity (Wildman–Crippen MR) is 106 cm³/mol. The first-order valence-corrected chi connectivity index (χ1v) is 9.16. The van der Waals surface area contributed by atoms with E-state index in [9.17, 15) is 4.79 Å². The van der Waals surface area contributed by atoms with Crippen LogP contribution in [0.3, 0.4) is 0 Å². The fourth-order valence-electron chi connectivity index (χ4n) is 2.80. The van der Waals surface area contributed by atoms with Crippen LogP contribution in [0.4, 0.5) is 10.8 Å². The Bertz CT molecular complexity index is 1100. The second-order valence-electron chi connectivity index (χ2n) is 5.94. The largest absolute Gasteiger partial charge is 0.478 e. The van der Waals surface area contributed by atoms with Gasteiger partial charge in [-0.25, -0.2) is 14.5 Å². The summed E-state index contributed by atoms with van der Waals surface area (Å²) in [6.45, 7) is 2.01. The highest BCUT2D eigenvalue weighted by atomic mass is 32.1. The Morgan fingerprint density at radius 2 is 1.96 bits per heavy atom. The van der Waals surface area contributed by atoms with Crippen LogP contribution in [-0.2, 0) is 0 Å². The van der Waals surface area contributed by atoms with Crippen LogP contribution in [0.15, 0.2) is 66.2 Å². The molecule has 2 N–H and O–H groups in total. The van der Waals surface area contributed by atoms with Gasteiger partial charge in [0.25, 0.3) is 0 Å². The lowest BCUT2D eigenvalue weighted by Crippen LogP contribution is -1.98. The highest BCUT2D eigenvalue weighted by Crippen LogP contribution is 2.30. The van der Waals surface area contributed by atoms with Crippen LogP contribution in [0.5, 0.6) is 0 Å². The molecular formula is C20H16N4O2S. The number of aromatic nitrogens is 3. The topological polar surface area (TPSA) is 80.0 Å². The smallest absolute Gasteiger partial charge is 0.335 e. The number of carboxylic acids is 1. The number of nitrogens with zero attached hydrogens (tertiary/aromatic N) is 3. The number of carbonyl (C=O) groups is 1. The summed E-state index contributed by atoms with van der Waals surface area (Å²) >= 11 is 1.46. The Labute approximate surface area is 159 Å². The molecule has 0 unspecified atom stereocenters. The van der Waals surface area contributed by atoms with E-state index in [1.54, 1.807) is 18.2 Å². The number of aromatic carboxylic acids is 1. The average molecular weight is 376 g/mol. The molecule has 2 aromatic heterocycles. The minimum atomic E-state index is -0.956. The lowest BCUT2D eigenvalue weighted by atomic mass is 10.2. The molecule has 7 heteroatoms. The van der Waals surface area contributed by atoms with Crippen LogP contribution in [-0.4, -0.2) is 25.8 Å². The summed E-state index contributed by atoms with van der Waals surface area (Å²) in [5, 5.41) is 19.4. The zero-order valence-corrected chi connectivity index (χ0v) is 15.3. The van der Waals surface area contributed by atoms with Gasteiger partial charge in [0, 0.05) is 16.6 Å². The molecule has 0 radical (unpaired) electrons. The van der Waals surface area contributed by atoms with Gasteiger partial charge in [-0.1, -0.05) is 24.3 Å². The van der Waals surface area contributed by atoms with E-state index in [1.165, 1.54) is 11.3 Å². The Hall–Kier alpha value is -3.45. The van der Waals surface area contributed by atoms with Crippen LogP contribution >= 0.6 is 11.3 Å². The molecule has 0 fully saturated rings. The van der Waals surface area contributed by atoms with Crippen molar-refractivity contribution in [2.45, 2.75) is 6.92 Å². The second-order valence-corrected chi connectivity index (χ2v) is 6.80. The maximum absolute atomic E-state index is 11.1. The summed E-state index contributed by atoms with van der Waals surface area (Å²) in [7, 11) is 0. The maximum atomic E-state index is 11.1. The molecule has 0 spiro atoms. The summed E-state index contributed by atoms with van der Waals surface area (Å²) in [4.78, 5) is 15.7. The quantitative estimate of drug-likeness (QED) is 0.526. The van der Waals surface area contributed by atoms with E-state index >= 15 is 0 Å². The Balaban J connectivity index is 1.59. The first-order valence-electron chi connectivity index (χ1n) is 8.28. The summed E-state index contributed by atoms with van der Waals surface area (Å²) in [6, 6.07) is 16.6. The molecule has 0 atom stereocenters. The Morgan fingerprint density at radius 3 is 2.74 bits per heavy atom. The molecule has 0 saturated heterocycles. The summed E-state index contributed by atoms with van der Waals surface area (Å²) in [6.07, 6.45) is 1.81. The van der Waals surface area contributed by atoms with Crippen molar-refractivity contribution in [3.63, 3.8) is 0 Å². The maximum Gasteiger partial charge on any atom is 0.335 e. The molecule has 0 saturated carbocycles. The molecule has 0 bridgehead atoms. The number of carboxylic acid groups (broad SMARTS) is 1. The molecule has 134 valence electrons. The van der Waals surface area contributed by atoms with Gasteiger partial charge >= 0.3 is 5.97 Å². The third-order valence-corrected chi connectivity index (χ3v) is 4.91. The lowest BCUT2D eigenvalue weighted by molar-refractivity contribution is 0.0697. The van der Waals surface area contributed by atoms with Crippen molar-refractivity contribution in [3.8, 4) is 16.9 Å². The number of rotatable bonds is 5. The number of hydrogen-bond donors (Lipinski definition) is 2. The van der Waals surface area contributed by atoms with Crippen LogP contribution in [0, 0.1) is 6.92 Å². The SMILES string of the molecule is Cc1c(-c2csc(Nc3cccc(C(=O)O)c3)n2)cnn1-c1ccccc1. The molecule has 4 rings (SSSR count). The molecule has 0 aliphatic heterocycles. The van der Waals surface area contributed by atoms with Crippen LogP contribution in [0.1, 0.15) is 16.1 Å². The highest BCUT2D eigenvalue weighted by molar-refractivity contribution is 7.14. The number of hydrogen-bond acceptors (Lipinski definition) is 5. The molecule has 6 nitrogen and oxygen atoms in total. The van der Waals surface area contributed by atoms with Crippen molar-refractivity contribution < 1.29 is 9.90 Å². The number of benzene rings is 2. The van der Waals surface area contributed by atoms with Crippen molar-refractivity contribution in [3.05, 3.63) is 77.4 Å². The van der Waals surface area contributed by atoms with Gasteiger partial charge in [-0.2, -0.15) is 5.10 Å². The fraction of sp³-hybridized carbons (Fsp3) is 0.0500. The van der Waals surface area contributed by atoms with Gasteiger partial charge in [-0.05, 0) is 37.3 Å². The predicted octanol–water partition coefficient (Wildman–Crippen LogP) is 4.75. The van der Waals surface area contributed by atoms with E-state index in [2.05, 4.69) is 15.4 Å². The molecule has 27 heavy (non-hydrogen) atoms. The van der Waals surface area contributed by atoms with Gasteiger partial charge in [-0.3, -0.25) is 0 Å². The van der Waals surface area contributed by atoms with E-state index in [4.69, 9.17) is 5.11 Å². The molecule has 0 aliphatic carbocycles. The average Bonchev–Trinajstić information content (AvgIpc) is 3.29. The molecule has 4 aromatic rings. The minimum Gasteiger partial charge on any atom is -0.478 e. The lowest BCUT2D eigenvalue weighted by Gasteiger charge is -2.04. The van der Waals surface area contributed by atoms with Gasteiger partial charge in [0.1, 0.15) is 0 Å². The number of thiazole rings is 1. The summed E-state index contributed by atoms with van der Waals surface area (Å²) in [5.74, 6) is -0.956. The van der Waals surface area contributed by atoms with E-state index in [1.807, 2.05) is 59.6 Å². The summed E-state index contributed by atoms with van der Waals surface area (Å²) < 4.78 is 1.89. The highest BCUT2D eigenvalue weighted by Gasteiger charge is 2.13. The number of nitrogens with one attached hydrogen (secondary N) is 1. The van der Waals surface area contributed by atoms with Crippen molar-refractivity contribution >= 4 is 28.1 Å². The second kappa shape index (κ2) is 7.05. The molecular weight excluding hydrogens is 360 g/mol. The number of anilines is 2. The first-order chi connectivity index (χ1) is 13.1. The standard InChI is InChI=1S/C20H16N4O2S/c1-13-17(11-21-24(13)16-8-3-2-4-9-16)18-12-27-20(23-18)22-15-7-5-6-14(10-15)19(25)26/h2-12H,1H3,(H,22,23)(H,25,26). The van der Waals surface area contributed by atoms with Crippen molar-refractivity contribution in [1.29, 1.82) is 0 Å². The summed E-state index contributed by atoms with van der Waals surface area (Å²) in [5.41, 5.74) is 4.72. The van der Waals surface area contributed by atoms with E-state index in [0.29, 0.717) is 10.8 Å². The van der Waals surface area contributed by atoms with E-state index in [0.717, 1.165) is 22.6 Å². The molecule has 2 aromatic carbocycles. The normalized spacial score (nSPS) is 10.7. The van der Waals surface area contributed by atoms with Crippen molar-refractivity contribution in [2.24, 2.45) is 0 Å². The van der Waals surface area contributed by atoms with Crippen LogP contribution in [0.2, 0.25) is 0 Å². The fourth-order valence-corrected chi connectivity index (χ4v) is 3.53.